The molecule has 0 aliphatic heterocycles. The minimum atomic E-state index is 0. The number of hydrogen-bond donors (Lipinski definition) is 0. The van der Waals surface area contributed by atoms with E-state index < -0.39 is 0 Å². The third kappa shape index (κ3) is 1.74. The Balaban J connectivity index is 0.000000720. The van der Waals surface area contributed by atoms with Gasteiger partial charge in [-0.2, -0.15) is 4.57 Å². The molecule has 0 saturated carbocycles. The van der Waals surface area contributed by atoms with Gasteiger partial charge >= 0.3 is 0 Å². The van der Waals surface area contributed by atoms with Crippen LogP contribution in [0.2, 0.25) is 0 Å². The molecular weight excluding hydrogens is 170 g/mol. The zero-order chi connectivity index (χ0) is 7.52. The molecule has 1 aliphatic carbocycles. The summed E-state index contributed by atoms with van der Waals surface area (Å²) in [5, 5.41) is 0. The lowest BCUT2D eigenvalue weighted by Gasteiger charge is -1.97. The van der Waals surface area contributed by atoms with Gasteiger partial charge in [0.15, 0.2) is 18.4 Å². The lowest BCUT2D eigenvalue weighted by atomic mass is 10.3. The molecule has 0 bridgehead atoms. The lowest BCUT2D eigenvalue weighted by molar-refractivity contribution is -0.701. The average Bonchev–Trinajstić information content (AvgIpc) is 2.58. The second-order valence-electron chi connectivity index (χ2n) is 2.58. The van der Waals surface area contributed by atoms with Gasteiger partial charge in [0.05, 0.1) is 0 Å². The van der Waals surface area contributed by atoms with Gasteiger partial charge in [0.2, 0.25) is 0 Å². The Kier molecular flexibility index (Phi) is 3.06. The fourth-order valence-electron chi connectivity index (χ4n) is 1.23. The lowest BCUT2D eigenvalue weighted by Crippen LogP contribution is -3.00. The summed E-state index contributed by atoms with van der Waals surface area (Å²) in [6.07, 6.45) is 12.6. The molecule has 0 aromatic carbocycles. The topological polar surface area (TPSA) is 3.88 Å². The highest BCUT2D eigenvalue weighted by molar-refractivity contribution is 5.16. The molecule has 1 aliphatic rings. The molecule has 0 amide bonds. The summed E-state index contributed by atoms with van der Waals surface area (Å²) >= 11 is 0. The Labute approximate surface area is 78.5 Å². The number of pyridine rings is 1. The van der Waals surface area contributed by atoms with Crippen molar-refractivity contribution in [1.29, 1.82) is 0 Å². The van der Waals surface area contributed by atoms with Crippen LogP contribution >= 0.6 is 0 Å². The molecule has 1 heterocycles. The standard InChI is InChI=1S/C10H10N.ClH/c1-4-8-11(9-5-1)10-6-2-3-7-10;/h1-10H;1H/q+1;/p-1. The number of rotatable bonds is 1. The van der Waals surface area contributed by atoms with Crippen molar-refractivity contribution in [2.45, 2.75) is 6.04 Å². The summed E-state index contributed by atoms with van der Waals surface area (Å²) in [6.45, 7) is 0. The van der Waals surface area contributed by atoms with Gasteiger partial charge in [0.25, 0.3) is 0 Å². The zero-order valence-electron chi connectivity index (χ0n) is 6.60. The van der Waals surface area contributed by atoms with E-state index in [1.165, 1.54) is 0 Å². The summed E-state index contributed by atoms with van der Waals surface area (Å²) < 4.78 is 2.17. The summed E-state index contributed by atoms with van der Waals surface area (Å²) in [4.78, 5) is 0. The van der Waals surface area contributed by atoms with Crippen molar-refractivity contribution in [1.82, 2.24) is 0 Å². The van der Waals surface area contributed by atoms with E-state index in [1.807, 2.05) is 18.2 Å². The Morgan fingerprint density at radius 1 is 0.833 bits per heavy atom. The fourth-order valence-corrected chi connectivity index (χ4v) is 1.23. The van der Waals surface area contributed by atoms with Gasteiger partial charge in [0.1, 0.15) is 0 Å². The molecule has 62 valence electrons. The van der Waals surface area contributed by atoms with Crippen molar-refractivity contribution in [2.24, 2.45) is 0 Å². The first kappa shape index (κ1) is 9.01. The smallest absolute Gasteiger partial charge is 0.195 e. The second-order valence-corrected chi connectivity index (χ2v) is 2.58. The van der Waals surface area contributed by atoms with Crippen LogP contribution in [0.1, 0.15) is 6.04 Å². The Morgan fingerprint density at radius 3 is 2.00 bits per heavy atom. The third-order valence-electron chi connectivity index (χ3n) is 1.81. The molecular formula is C10H10ClN. The molecule has 0 saturated heterocycles. The number of halogens is 1. The maximum absolute atomic E-state index is 2.17. The van der Waals surface area contributed by atoms with E-state index in [9.17, 15) is 0 Å². The minimum Gasteiger partial charge on any atom is -1.00 e. The first-order chi connectivity index (χ1) is 5.47. The Bertz CT molecular complexity index is 278. The maximum Gasteiger partial charge on any atom is 0.195 e. The van der Waals surface area contributed by atoms with Crippen molar-refractivity contribution < 1.29 is 17.0 Å². The van der Waals surface area contributed by atoms with Crippen LogP contribution in [0.5, 0.6) is 0 Å². The molecule has 1 aromatic heterocycles. The molecule has 2 rings (SSSR count). The number of nitrogens with zero attached hydrogens (tertiary/aromatic N) is 1. The van der Waals surface area contributed by atoms with E-state index in [0.717, 1.165) is 0 Å². The van der Waals surface area contributed by atoms with Crippen molar-refractivity contribution in [3.8, 4) is 0 Å². The van der Waals surface area contributed by atoms with Crippen molar-refractivity contribution >= 4 is 0 Å². The fraction of sp³-hybridized carbons (Fsp3) is 0.100. The molecule has 1 nitrogen and oxygen atoms in total. The monoisotopic (exact) mass is 179 g/mol. The molecule has 2 heteroatoms. The van der Waals surface area contributed by atoms with Gasteiger partial charge in [-0.15, -0.1) is 0 Å². The summed E-state index contributed by atoms with van der Waals surface area (Å²) in [5.74, 6) is 0. The zero-order valence-corrected chi connectivity index (χ0v) is 7.35. The Hall–Kier alpha value is -1.08. The molecule has 12 heavy (non-hydrogen) atoms. The van der Waals surface area contributed by atoms with Gasteiger partial charge in [-0.1, -0.05) is 18.2 Å². The van der Waals surface area contributed by atoms with Crippen LogP contribution in [0, 0.1) is 0 Å². The third-order valence-corrected chi connectivity index (χ3v) is 1.81. The molecule has 0 fully saturated rings. The quantitative estimate of drug-likeness (QED) is 0.470. The van der Waals surface area contributed by atoms with Gasteiger partial charge in [0, 0.05) is 12.1 Å². The normalized spacial score (nSPS) is 14.7. The van der Waals surface area contributed by atoms with Crippen LogP contribution in [0.25, 0.3) is 0 Å². The van der Waals surface area contributed by atoms with Crippen molar-refractivity contribution in [3.05, 3.63) is 54.9 Å². The van der Waals surface area contributed by atoms with Gasteiger partial charge < -0.3 is 12.4 Å². The highest BCUT2D eigenvalue weighted by atomic mass is 35.5. The van der Waals surface area contributed by atoms with Crippen LogP contribution in [0.15, 0.2) is 54.9 Å². The number of allylic oxidation sites excluding steroid dienone is 4. The van der Waals surface area contributed by atoms with Crippen LogP contribution < -0.4 is 17.0 Å². The highest BCUT2D eigenvalue weighted by Crippen LogP contribution is 2.06. The first-order valence-electron chi connectivity index (χ1n) is 3.77. The molecule has 0 N–H and O–H groups in total. The second kappa shape index (κ2) is 4.07. The highest BCUT2D eigenvalue weighted by Gasteiger charge is 2.11. The van der Waals surface area contributed by atoms with Gasteiger partial charge in [-0.05, 0) is 12.2 Å². The summed E-state index contributed by atoms with van der Waals surface area (Å²) in [6, 6.07) is 6.54. The Morgan fingerprint density at radius 2 is 1.42 bits per heavy atom. The van der Waals surface area contributed by atoms with E-state index >= 15 is 0 Å². The van der Waals surface area contributed by atoms with E-state index in [-0.39, 0.29) is 12.4 Å². The van der Waals surface area contributed by atoms with Gasteiger partial charge in [-0.3, -0.25) is 0 Å². The van der Waals surface area contributed by atoms with Crippen molar-refractivity contribution in [3.63, 3.8) is 0 Å². The van der Waals surface area contributed by atoms with E-state index in [2.05, 4.69) is 41.3 Å². The molecule has 0 radical (unpaired) electrons. The first-order valence-corrected chi connectivity index (χ1v) is 3.77. The average molecular weight is 180 g/mol. The minimum absolute atomic E-state index is 0. The van der Waals surface area contributed by atoms with Crippen LogP contribution in [-0.2, 0) is 0 Å². The predicted octanol–water partition coefficient (Wildman–Crippen LogP) is -1.35. The van der Waals surface area contributed by atoms with Crippen LogP contribution in [0.4, 0.5) is 0 Å². The molecule has 0 spiro atoms. The summed E-state index contributed by atoms with van der Waals surface area (Å²) in [5.41, 5.74) is 0. The van der Waals surface area contributed by atoms with E-state index in [1.54, 1.807) is 0 Å². The number of aromatic nitrogens is 1. The van der Waals surface area contributed by atoms with Crippen LogP contribution in [-0.4, -0.2) is 0 Å². The SMILES string of the molecule is C1=CC([n+]2ccccc2)C=C1.[Cl-]. The van der Waals surface area contributed by atoms with Crippen LogP contribution in [0.3, 0.4) is 0 Å². The van der Waals surface area contributed by atoms with Crippen molar-refractivity contribution in [2.75, 3.05) is 0 Å². The molecule has 1 aromatic rings. The predicted molar refractivity (Wildman–Crippen MR) is 44.0 cm³/mol. The number of hydrogen-bond acceptors (Lipinski definition) is 0. The van der Waals surface area contributed by atoms with E-state index in [4.69, 9.17) is 0 Å². The summed E-state index contributed by atoms with van der Waals surface area (Å²) in [7, 11) is 0. The van der Waals surface area contributed by atoms with E-state index in [0.29, 0.717) is 6.04 Å². The largest absolute Gasteiger partial charge is 1.00 e. The van der Waals surface area contributed by atoms with Gasteiger partial charge in [-0.25, -0.2) is 0 Å². The molecule has 0 atom stereocenters. The molecule has 0 unspecified atom stereocenters. The maximum atomic E-state index is 2.17.